The van der Waals surface area contributed by atoms with Crippen LogP contribution in [0.25, 0.3) is 10.9 Å². The second-order valence-corrected chi connectivity index (χ2v) is 6.29. The third-order valence-corrected chi connectivity index (χ3v) is 4.83. The lowest BCUT2D eigenvalue weighted by molar-refractivity contribution is 0.435. The van der Waals surface area contributed by atoms with E-state index >= 15 is 0 Å². The first-order valence-electron chi connectivity index (χ1n) is 8.47. The first-order valence-corrected chi connectivity index (χ1v) is 8.47. The summed E-state index contributed by atoms with van der Waals surface area (Å²) < 4.78 is 0. The average Bonchev–Trinajstić information content (AvgIpc) is 2.57. The molecule has 0 aliphatic heterocycles. The minimum Gasteiger partial charge on any atom is -0.252 e. The highest BCUT2D eigenvalue weighted by molar-refractivity contribution is 5.84. The van der Waals surface area contributed by atoms with E-state index in [0.717, 1.165) is 18.4 Å². The van der Waals surface area contributed by atoms with Crippen molar-refractivity contribution in [1.82, 2.24) is 4.98 Å². The lowest BCUT2D eigenvalue weighted by Gasteiger charge is -2.25. The number of aromatic nitrogens is 1. The van der Waals surface area contributed by atoms with Gasteiger partial charge in [0.2, 0.25) is 0 Å². The molecule has 2 aromatic rings. The Labute approximate surface area is 133 Å². The van der Waals surface area contributed by atoms with Crippen LogP contribution in [0.5, 0.6) is 0 Å². The van der Waals surface area contributed by atoms with Crippen LogP contribution in [0.2, 0.25) is 0 Å². The molecule has 1 aliphatic rings. The monoisotopic (exact) mass is 291 g/mol. The van der Waals surface area contributed by atoms with Crippen molar-refractivity contribution in [2.75, 3.05) is 0 Å². The van der Waals surface area contributed by atoms with Crippen LogP contribution in [0.3, 0.4) is 0 Å². The Hall–Kier alpha value is -1.89. The van der Waals surface area contributed by atoms with Crippen LogP contribution in [-0.4, -0.2) is 4.98 Å². The third-order valence-electron chi connectivity index (χ3n) is 4.83. The summed E-state index contributed by atoms with van der Waals surface area (Å²) in [7, 11) is 0. The molecule has 0 atom stereocenters. The molecule has 0 bridgehead atoms. The predicted octanol–water partition coefficient (Wildman–Crippen LogP) is 5.74. The molecule has 0 N–H and O–H groups in total. The lowest BCUT2D eigenvalue weighted by Crippen LogP contribution is -2.12. The molecular weight excluding hydrogens is 266 g/mol. The Kier molecular flexibility index (Phi) is 4.72. The molecule has 3 rings (SSSR count). The van der Waals surface area contributed by atoms with Gasteiger partial charge < -0.3 is 0 Å². The highest BCUT2D eigenvalue weighted by Crippen LogP contribution is 2.37. The van der Waals surface area contributed by atoms with E-state index in [1.807, 2.05) is 12.2 Å². The van der Waals surface area contributed by atoms with Gasteiger partial charge >= 0.3 is 0 Å². The van der Waals surface area contributed by atoms with Gasteiger partial charge in [0.1, 0.15) is 0 Å². The van der Waals surface area contributed by atoms with Crippen molar-refractivity contribution in [3.63, 3.8) is 0 Å². The summed E-state index contributed by atoms with van der Waals surface area (Å²) in [6.07, 6.45) is 12.5. The number of pyridine rings is 1. The van der Waals surface area contributed by atoms with Crippen molar-refractivity contribution < 1.29 is 0 Å². The second-order valence-electron chi connectivity index (χ2n) is 6.29. The fourth-order valence-electron chi connectivity index (χ4n) is 3.80. The first kappa shape index (κ1) is 15.0. The number of nitrogens with zero attached hydrogens (tertiary/aromatic N) is 1. The van der Waals surface area contributed by atoms with Gasteiger partial charge in [-0.05, 0) is 42.9 Å². The van der Waals surface area contributed by atoms with Crippen molar-refractivity contribution in [3.05, 3.63) is 66.4 Å². The Bertz CT molecular complexity index is 678. The normalized spacial score (nSPS) is 15.8. The number of allylic oxidation sites excluding steroid dienone is 2. The maximum absolute atomic E-state index is 5.08. The summed E-state index contributed by atoms with van der Waals surface area (Å²) in [5.74, 6) is 0.622. The molecule has 22 heavy (non-hydrogen) atoms. The van der Waals surface area contributed by atoms with Crippen LogP contribution >= 0.6 is 0 Å². The van der Waals surface area contributed by atoms with Gasteiger partial charge in [0.15, 0.2) is 0 Å². The maximum Gasteiger partial charge on any atom is 0.0708 e. The van der Waals surface area contributed by atoms with Gasteiger partial charge in [-0.25, -0.2) is 0 Å². The highest BCUT2D eigenvalue weighted by atomic mass is 14.7. The number of benzene rings is 1. The summed E-state index contributed by atoms with van der Waals surface area (Å²) in [4.78, 5) is 5.08. The third kappa shape index (κ3) is 2.85. The molecule has 0 amide bonds. The van der Waals surface area contributed by atoms with E-state index in [-0.39, 0.29) is 0 Å². The van der Waals surface area contributed by atoms with E-state index < -0.39 is 0 Å². The van der Waals surface area contributed by atoms with Crippen molar-refractivity contribution >= 4 is 10.9 Å². The molecule has 1 aromatic heterocycles. The van der Waals surface area contributed by atoms with Crippen LogP contribution in [0, 0.1) is 0 Å². The molecule has 1 fully saturated rings. The predicted molar refractivity (Wildman–Crippen MR) is 95.4 cm³/mol. The summed E-state index contributed by atoms with van der Waals surface area (Å²) in [6, 6.07) is 8.53. The number of hydrogen-bond acceptors (Lipinski definition) is 1. The molecule has 114 valence electrons. The zero-order valence-electron chi connectivity index (χ0n) is 13.4. The van der Waals surface area contributed by atoms with Gasteiger partial charge in [0.05, 0.1) is 5.52 Å². The fraction of sp³-hybridized carbons (Fsp3) is 0.381. The minimum atomic E-state index is 0.622. The standard InChI is InChI=1S/C21H25N/c1-3-10-17-18-14-8-9-15-20(18)22-21(19(17)11-4-2)16-12-6-5-7-13-16/h3-4,8-9,14-16H,1-2,5-7,10-13H2. The quantitative estimate of drug-likeness (QED) is 0.640. The average molecular weight is 291 g/mol. The van der Waals surface area contributed by atoms with Gasteiger partial charge in [-0.15, -0.1) is 13.2 Å². The number of hydrogen-bond donors (Lipinski definition) is 0. The van der Waals surface area contributed by atoms with Crippen molar-refractivity contribution in [2.24, 2.45) is 0 Å². The van der Waals surface area contributed by atoms with Gasteiger partial charge in [-0.1, -0.05) is 49.6 Å². The van der Waals surface area contributed by atoms with E-state index in [1.165, 1.54) is 54.3 Å². The molecule has 0 saturated heterocycles. The van der Waals surface area contributed by atoms with Crippen molar-refractivity contribution in [1.29, 1.82) is 0 Å². The Balaban J connectivity index is 2.21. The van der Waals surface area contributed by atoms with E-state index in [9.17, 15) is 0 Å². The molecule has 1 saturated carbocycles. The highest BCUT2D eigenvalue weighted by Gasteiger charge is 2.22. The van der Waals surface area contributed by atoms with Crippen LogP contribution < -0.4 is 0 Å². The van der Waals surface area contributed by atoms with Gasteiger partial charge in [0.25, 0.3) is 0 Å². The fourth-order valence-corrected chi connectivity index (χ4v) is 3.80. The van der Waals surface area contributed by atoms with Gasteiger partial charge in [-0.3, -0.25) is 4.98 Å². The summed E-state index contributed by atoms with van der Waals surface area (Å²) >= 11 is 0. The Morgan fingerprint density at radius 3 is 2.36 bits per heavy atom. The summed E-state index contributed by atoms with van der Waals surface area (Å²) in [5, 5.41) is 1.28. The topological polar surface area (TPSA) is 12.9 Å². The van der Waals surface area contributed by atoms with Crippen LogP contribution in [0.1, 0.15) is 54.8 Å². The van der Waals surface area contributed by atoms with Crippen LogP contribution in [-0.2, 0) is 12.8 Å². The molecule has 0 radical (unpaired) electrons. The maximum atomic E-state index is 5.08. The van der Waals surface area contributed by atoms with E-state index in [2.05, 4.69) is 37.4 Å². The molecule has 1 aliphatic carbocycles. The van der Waals surface area contributed by atoms with Crippen molar-refractivity contribution in [2.45, 2.75) is 50.9 Å². The molecule has 1 nitrogen and oxygen atoms in total. The zero-order valence-corrected chi connectivity index (χ0v) is 13.4. The Morgan fingerprint density at radius 1 is 0.955 bits per heavy atom. The molecule has 1 heterocycles. The Morgan fingerprint density at radius 2 is 1.64 bits per heavy atom. The number of rotatable bonds is 5. The van der Waals surface area contributed by atoms with E-state index in [1.54, 1.807) is 0 Å². The van der Waals surface area contributed by atoms with Crippen molar-refractivity contribution in [3.8, 4) is 0 Å². The lowest BCUT2D eigenvalue weighted by atomic mass is 9.82. The van der Waals surface area contributed by atoms with E-state index in [4.69, 9.17) is 4.98 Å². The van der Waals surface area contributed by atoms with Gasteiger partial charge in [-0.2, -0.15) is 0 Å². The molecule has 1 heteroatoms. The smallest absolute Gasteiger partial charge is 0.0708 e. The second kappa shape index (κ2) is 6.91. The molecule has 1 aromatic carbocycles. The molecule has 0 unspecified atom stereocenters. The summed E-state index contributed by atoms with van der Waals surface area (Å²) in [6.45, 7) is 7.93. The van der Waals surface area contributed by atoms with Crippen LogP contribution in [0.15, 0.2) is 49.6 Å². The van der Waals surface area contributed by atoms with E-state index in [0.29, 0.717) is 5.92 Å². The zero-order chi connectivity index (χ0) is 15.4. The SMILES string of the molecule is C=CCc1c(C2CCCCC2)nc2ccccc2c1CC=C. The largest absolute Gasteiger partial charge is 0.252 e. The molecule has 0 spiro atoms. The van der Waals surface area contributed by atoms with Gasteiger partial charge in [0, 0.05) is 17.0 Å². The number of para-hydroxylation sites is 1. The number of fused-ring (bicyclic) bond motifs is 1. The summed E-state index contributed by atoms with van der Waals surface area (Å²) in [5.41, 5.74) is 5.27. The first-order chi connectivity index (χ1) is 10.8. The minimum absolute atomic E-state index is 0.622. The molecular formula is C21H25N. The van der Waals surface area contributed by atoms with Crippen LogP contribution in [0.4, 0.5) is 0 Å².